The van der Waals surface area contributed by atoms with Gasteiger partial charge in [0.2, 0.25) is 11.8 Å². The van der Waals surface area contributed by atoms with Crippen molar-refractivity contribution in [1.82, 2.24) is 4.90 Å². The Hall–Kier alpha value is -2.04. The minimum atomic E-state index is -0.256. The SMILES string of the molecule is CCOc1ccc(CC(=O)N2CCC(C(N)=O)CC2)cc1. The maximum Gasteiger partial charge on any atom is 0.226 e. The fraction of sp³-hybridized carbons (Fsp3) is 0.500. The first-order valence-corrected chi connectivity index (χ1v) is 7.39. The highest BCUT2D eigenvalue weighted by Gasteiger charge is 2.25. The molecular weight excluding hydrogens is 268 g/mol. The van der Waals surface area contributed by atoms with E-state index in [1.807, 2.05) is 36.1 Å². The molecule has 0 radical (unpaired) electrons. The largest absolute Gasteiger partial charge is 0.494 e. The zero-order valence-electron chi connectivity index (χ0n) is 12.4. The number of rotatable bonds is 5. The number of carbonyl (C=O) groups excluding carboxylic acids is 2. The van der Waals surface area contributed by atoms with E-state index in [9.17, 15) is 9.59 Å². The monoisotopic (exact) mass is 290 g/mol. The second-order valence-electron chi connectivity index (χ2n) is 5.31. The number of carbonyl (C=O) groups is 2. The second kappa shape index (κ2) is 7.11. The summed E-state index contributed by atoms with van der Waals surface area (Å²) >= 11 is 0. The van der Waals surface area contributed by atoms with Crippen LogP contribution < -0.4 is 10.5 Å². The van der Waals surface area contributed by atoms with Crippen LogP contribution >= 0.6 is 0 Å². The second-order valence-corrected chi connectivity index (χ2v) is 5.31. The Labute approximate surface area is 125 Å². The number of hydrogen-bond donors (Lipinski definition) is 1. The number of amides is 2. The Bertz CT molecular complexity index is 491. The molecule has 0 bridgehead atoms. The molecule has 1 saturated heterocycles. The number of hydrogen-bond acceptors (Lipinski definition) is 3. The fourth-order valence-corrected chi connectivity index (χ4v) is 2.57. The molecule has 0 unspecified atom stereocenters. The first kappa shape index (κ1) is 15.4. The Morgan fingerprint density at radius 2 is 1.86 bits per heavy atom. The molecule has 1 aliphatic rings. The first-order valence-electron chi connectivity index (χ1n) is 7.39. The lowest BCUT2D eigenvalue weighted by molar-refractivity contribution is -0.134. The van der Waals surface area contributed by atoms with Crippen LogP contribution in [-0.4, -0.2) is 36.4 Å². The van der Waals surface area contributed by atoms with Gasteiger partial charge in [-0.15, -0.1) is 0 Å². The zero-order valence-corrected chi connectivity index (χ0v) is 12.4. The van der Waals surface area contributed by atoms with Crippen molar-refractivity contribution in [1.29, 1.82) is 0 Å². The van der Waals surface area contributed by atoms with Gasteiger partial charge in [0.1, 0.15) is 5.75 Å². The van der Waals surface area contributed by atoms with Crippen molar-refractivity contribution in [3.63, 3.8) is 0 Å². The van der Waals surface area contributed by atoms with Crippen LogP contribution in [0.2, 0.25) is 0 Å². The predicted octanol–water partition coefficient (Wildman–Crippen LogP) is 1.35. The summed E-state index contributed by atoms with van der Waals surface area (Å²) in [5.41, 5.74) is 6.27. The van der Waals surface area contributed by atoms with Crippen molar-refractivity contribution in [3.05, 3.63) is 29.8 Å². The Morgan fingerprint density at radius 3 is 2.38 bits per heavy atom. The topological polar surface area (TPSA) is 72.6 Å². The summed E-state index contributed by atoms with van der Waals surface area (Å²) in [6.45, 7) is 3.80. The van der Waals surface area contributed by atoms with Crippen LogP contribution in [0.4, 0.5) is 0 Å². The number of nitrogens with two attached hydrogens (primary N) is 1. The van der Waals surface area contributed by atoms with Crippen LogP contribution in [0.3, 0.4) is 0 Å². The third-order valence-electron chi connectivity index (χ3n) is 3.84. The molecule has 1 aliphatic heterocycles. The van der Waals surface area contributed by atoms with Crippen LogP contribution in [0, 0.1) is 5.92 Å². The maximum absolute atomic E-state index is 12.2. The average Bonchev–Trinajstić information content (AvgIpc) is 2.49. The maximum atomic E-state index is 12.2. The average molecular weight is 290 g/mol. The molecule has 0 atom stereocenters. The van der Waals surface area contributed by atoms with Crippen LogP contribution in [0.25, 0.3) is 0 Å². The molecule has 114 valence electrons. The number of primary amides is 1. The summed E-state index contributed by atoms with van der Waals surface area (Å²) in [7, 11) is 0. The number of ether oxygens (including phenoxy) is 1. The Balaban J connectivity index is 1.85. The molecule has 21 heavy (non-hydrogen) atoms. The van der Waals surface area contributed by atoms with E-state index in [0.717, 1.165) is 11.3 Å². The van der Waals surface area contributed by atoms with Crippen LogP contribution in [0.15, 0.2) is 24.3 Å². The molecule has 0 saturated carbocycles. The highest BCUT2D eigenvalue weighted by molar-refractivity contribution is 5.80. The lowest BCUT2D eigenvalue weighted by atomic mass is 9.96. The number of benzene rings is 1. The van der Waals surface area contributed by atoms with Crippen molar-refractivity contribution in [3.8, 4) is 5.75 Å². The van der Waals surface area contributed by atoms with Gasteiger partial charge in [0.25, 0.3) is 0 Å². The van der Waals surface area contributed by atoms with Gasteiger partial charge in [0.05, 0.1) is 13.0 Å². The molecule has 1 aromatic carbocycles. The predicted molar refractivity (Wildman–Crippen MR) is 79.8 cm³/mol. The quantitative estimate of drug-likeness (QED) is 0.889. The molecule has 0 aromatic heterocycles. The van der Waals surface area contributed by atoms with Crippen molar-refractivity contribution < 1.29 is 14.3 Å². The zero-order chi connectivity index (χ0) is 15.2. The van der Waals surface area contributed by atoms with Gasteiger partial charge < -0.3 is 15.4 Å². The van der Waals surface area contributed by atoms with Crippen molar-refractivity contribution in [2.75, 3.05) is 19.7 Å². The standard InChI is InChI=1S/C16H22N2O3/c1-2-21-14-5-3-12(4-6-14)11-15(19)18-9-7-13(8-10-18)16(17)20/h3-6,13H,2,7-11H2,1H3,(H2,17,20). The van der Waals surface area contributed by atoms with Gasteiger partial charge in [-0.3, -0.25) is 9.59 Å². The molecule has 1 aromatic rings. The van der Waals surface area contributed by atoms with E-state index in [-0.39, 0.29) is 17.7 Å². The van der Waals surface area contributed by atoms with Gasteiger partial charge in [-0.2, -0.15) is 0 Å². The molecule has 2 amide bonds. The molecule has 0 spiro atoms. The lowest BCUT2D eigenvalue weighted by Crippen LogP contribution is -2.42. The lowest BCUT2D eigenvalue weighted by Gasteiger charge is -2.30. The minimum Gasteiger partial charge on any atom is -0.494 e. The minimum absolute atomic E-state index is 0.0838. The van der Waals surface area contributed by atoms with E-state index < -0.39 is 0 Å². The van der Waals surface area contributed by atoms with E-state index in [1.54, 1.807) is 0 Å². The van der Waals surface area contributed by atoms with Gasteiger partial charge in [-0.1, -0.05) is 12.1 Å². The summed E-state index contributed by atoms with van der Waals surface area (Å²) in [6.07, 6.45) is 1.72. The van der Waals surface area contributed by atoms with E-state index in [4.69, 9.17) is 10.5 Å². The third kappa shape index (κ3) is 4.21. The fourth-order valence-electron chi connectivity index (χ4n) is 2.57. The van der Waals surface area contributed by atoms with E-state index in [1.165, 1.54) is 0 Å². The number of likely N-dealkylation sites (tertiary alicyclic amines) is 1. The van der Waals surface area contributed by atoms with Gasteiger partial charge in [-0.05, 0) is 37.5 Å². The third-order valence-corrected chi connectivity index (χ3v) is 3.84. The summed E-state index contributed by atoms with van der Waals surface area (Å²) in [5, 5.41) is 0. The number of piperidine rings is 1. The molecule has 2 rings (SSSR count). The normalized spacial score (nSPS) is 15.8. The van der Waals surface area contributed by atoms with Gasteiger partial charge in [0.15, 0.2) is 0 Å². The Morgan fingerprint density at radius 1 is 1.24 bits per heavy atom. The first-order chi connectivity index (χ1) is 10.1. The summed E-state index contributed by atoms with van der Waals surface area (Å²) in [5.74, 6) is 0.575. The van der Waals surface area contributed by atoms with Crippen LogP contribution in [-0.2, 0) is 16.0 Å². The molecule has 2 N–H and O–H groups in total. The van der Waals surface area contributed by atoms with Crippen molar-refractivity contribution >= 4 is 11.8 Å². The van der Waals surface area contributed by atoms with Crippen molar-refractivity contribution in [2.24, 2.45) is 11.7 Å². The summed E-state index contributed by atoms with van der Waals surface area (Å²) < 4.78 is 5.38. The Kier molecular flexibility index (Phi) is 5.20. The van der Waals surface area contributed by atoms with Gasteiger partial charge in [-0.25, -0.2) is 0 Å². The molecule has 5 heteroatoms. The number of nitrogens with zero attached hydrogens (tertiary/aromatic N) is 1. The van der Waals surface area contributed by atoms with Crippen LogP contribution in [0.5, 0.6) is 5.75 Å². The highest BCUT2D eigenvalue weighted by Crippen LogP contribution is 2.18. The van der Waals surface area contributed by atoms with Crippen molar-refractivity contribution in [2.45, 2.75) is 26.2 Å². The molecule has 1 heterocycles. The van der Waals surface area contributed by atoms with E-state index >= 15 is 0 Å². The molecule has 5 nitrogen and oxygen atoms in total. The summed E-state index contributed by atoms with van der Waals surface area (Å²) in [4.78, 5) is 25.2. The van der Waals surface area contributed by atoms with Crippen LogP contribution in [0.1, 0.15) is 25.3 Å². The molecular formula is C16H22N2O3. The molecule has 1 fully saturated rings. The van der Waals surface area contributed by atoms with E-state index in [0.29, 0.717) is 39.0 Å². The highest BCUT2D eigenvalue weighted by atomic mass is 16.5. The smallest absolute Gasteiger partial charge is 0.226 e. The van der Waals surface area contributed by atoms with E-state index in [2.05, 4.69) is 0 Å². The van der Waals surface area contributed by atoms with Gasteiger partial charge >= 0.3 is 0 Å². The van der Waals surface area contributed by atoms with Gasteiger partial charge in [0, 0.05) is 19.0 Å². The molecule has 0 aliphatic carbocycles. The summed E-state index contributed by atoms with van der Waals surface area (Å²) in [6, 6.07) is 7.59.